The van der Waals surface area contributed by atoms with Gasteiger partial charge in [0, 0.05) is 10.9 Å². The molecule has 0 unspecified atom stereocenters. The summed E-state index contributed by atoms with van der Waals surface area (Å²) < 4.78 is 53.4. The number of alkyl halides is 3. The fourth-order valence-corrected chi connectivity index (χ4v) is 2.62. The Morgan fingerprint density at radius 2 is 1.76 bits per heavy atom. The second-order valence-corrected chi connectivity index (χ2v) is 5.33. The van der Waals surface area contributed by atoms with E-state index in [1.807, 2.05) is 0 Å². The number of hydrogen-bond acceptors (Lipinski definition) is 3. The lowest BCUT2D eigenvalue weighted by molar-refractivity contribution is -0.136. The Hall–Kier alpha value is -3.23. The molecule has 0 bridgehead atoms. The van der Waals surface area contributed by atoms with Crippen LogP contribution in [0.4, 0.5) is 17.6 Å². The third kappa shape index (κ3) is 2.44. The van der Waals surface area contributed by atoms with Gasteiger partial charge in [0.25, 0.3) is 0 Å². The highest BCUT2D eigenvalue weighted by atomic mass is 19.4. The topological polar surface area (TPSA) is 63.0 Å². The minimum atomic E-state index is -4.62. The molecule has 0 spiro atoms. The molecule has 0 aliphatic carbocycles. The third-order valence-electron chi connectivity index (χ3n) is 3.74. The van der Waals surface area contributed by atoms with Crippen LogP contribution in [-0.2, 0) is 6.18 Å². The van der Waals surface area contributed by atoms with Crippen LogP contribution in [0.2, 0.25) is 0 Å². The van der Waals surface area contributed by atoms with E-state index >= 15 is 0 Å². The third-order valence-corrected chi connectivity index (χ3v) is 3.74. The number of nitrogens with one attached hydrogen (secondary N) is 1. The fraction of sp³-hybridized carbons (Fsp3) is 0.0625. The first-order chi connectivity index (χ1) is 11.8. The molecule has 0 radical (unpaired) electrons. The minimum Gasteiger partial charge on any atom is -0.305 e. The zero-order chi connectivity index (χ0) is 17.8. The molecule has 25 heavy (non-hydrogen) atoms. The van der Waals surface area contributed by atoms with Gasteiger partial charge in [-0.1, -0.05) is 6.07 Å². The monoisotopic (exact) mass is 348 g/mol. The average Bonchev–Trinajstić information content (AvgIpc) is 3.00. The molecule has 126 valence electrons. The van der Waals surface area contributed by atoms with E-state index in [2.05, 4.69) is 15.1 Å². The van der Waals surface area contributed by atoms with E-state index < -0.39 is 23.2 Å². The lowest BCUT2D eigenvalue weighted by Crippen LogP contribution is -2.19. The van der Waals surface area contributed by atoms with Crippen LogP contribution in [-0.4, -0.2) is 19.6 Å². The van der Waals surface area contributed by atoms with Crippen molar-refractivity contribution in [3.8, 4) is 11.4 Å². The van der Waals surface area contributed by atoms with Crippen molar-refractivity contribution < 1.29 is 17.6 Å². The molecule has 0 aliphatic rings. The number of H-pyrrole nitrogens is 1. The lowest BCUT2D eigenvalue weighted by atomic mass is 10.1. The van der Waals surface area contributed by atoms with E-state index in [1.165, 1.54) is 36.4 Å². The minimum absolute atomic E-state index is 0.0100. The summed E-state index contributed by atoms with van der Waals surface area (Å²) in [5.41, 5.74) is -1.74. The van der Waals surface area contributed by atoms with E-state index in [0.29, 0.717) is 5.56 Å². The maximum absolute atomic E-state index is 13.2. The Morgan fingerprint density at radius 1 is 1.04 bits per heavy atom. The van der Waals surface area contributed by atoms with Crippen LogP contribution in [0.3, 0.4) is 0 Å². The molecule has 9 heteroatoms. The van der Waals surface area contributed by atoms with E-state index in [0.717, 1.165) is 10.6 Å². The van der Waals surface area contributed by atoms with Gasteiger partial charge in [0.1, 0.15) is 5.82 Å². The molecule has 0 saturated heterocycles. The van der Waals surface area contributed by atoms with Gasteiger partial charge >= 0.3 is 11.9 Å². The lowest BCUT2D eigenvalue weighted by Gasteiger charge is -2.09. The predicted octanol–water partition coefficient (Wildman–Crippen LogP) is 3.40. The molecule has 5 nitrogen and oxygen atoms in total. The molecule has 4 aromatic rings. The smallest absolute Gasteiger partial charge is 0.305 e. The Kier molecular flexibility index (Phi) is 3.14. The highest BCUT2D eigenvalue weighted by Gasteiger charge is 2.33. The molecule has 0 atom stereocenters. The van der Waals surface area contributed by atoms with Crippen molar-refractivity contribution in [1.29, 1.82) is 0 Å². The first-order valence-corrected chi connectivity index (χ1v) is 7.09. The van der Waals surface area contributed by atoms with Gasteiger partial charge in [0.05, 0.1) is 11.1 Å². The van der Waals surface area contributed by atoms with Crippen LogP contribution in [0.1, 0.15) is 5.56 Å². The number of halogens is 4. The summed E-state index contributed by atoms with van der Waals surface area (Å²) in [7, 11) is 0. The molecule has 2 aromatic carbocycles. The second-order valence-electron chi connectivity index (χ2n) is 5.33. The van der Waals surface area contributed by atoms with Crippen molar-refractivity contribution in [3.05, 3.63) is 64.3 Å². The van der Waals surface area contributed by atoms with Crippen LogP contribution >= 0.6 is 0 Å². The standard InChI is InChI=1S/C16H8F4N4O/c17-9-6-4-8(5-7-9)13-22-14-10-2-1-3-11(16(18,19)20)12(10)21-15(25)24(14)23-13/h1-7H,(H,21,25). The molecular formula is C16H8F4N4O. The molecule has 0 aliphatic heterocycles. The van der Waals surface area contributed by atoms with E-state index in [-0.39, 0.29) is 22.4 Å². The van der Waals surface area contributed by atoms with Crippen LogP contribution in [0.15, 0.2) is 47.3 Å². The molecule has 0 fully saturated rings. The molecular weight excluding hydrogens is 340 g/mol. The zero-order valence-corrected chi connectivity index (χ0v) is 12.3. The number of aromatic nitrogens is 4. The number of para-hydroxylation sites is 1. The molecule has 0 saturated carbocycles. The van der Waals surface area contributed by atoms with Gasteiger partial charge in [-0.3, -0.25) is 0 Å². The quantitative estimate of drug-likeness (QED) is 0.536. The van der Waals surface area contributed by atoms with Gasteiger partial charge in [0.15, 0.2) is 11.5 Å². The molecule has 0 amide bonds. The van der Waals surface area contributed by atoms with E-state index in [9.17, 15) is 22.4 Å². The van der Waals surface area contributed by atoms with Crippen LogP contribution in [0.5, 0.6) is 0 Å². The normalized spacial score (nSPS) is 12.2. The van der Waals surface area contributed by atoms with Crippen molar-refractivity contribution in [2.75, 3.05) is 0 Å². The predicted molar refractivity (Wildman–Crippen MR) is 81.5 cm³/mol. The number of aromatic amines is 1. The number of rotatable bonds is 1. The first-order valence-electron chi connectivity index (χ1n) is 7.09. The Bertz CT molecular complexity index is 1160. The summed E-state index contributed by atoms with van der Waals surface area (Å²) in [5.74, 6) is -0.346. The van der Waals surface area contributed by atoms with Gasteiger partial charge in [0.2, 0.25) is 0 Å². The van der Waals surface area contributed by atoms with Crippen molar-refractivity contribution in [2.24, 2.45) is 0 Å². The zero-order valence-electron chi connectivity index (χ0n) is 12.3. The summed E-state index contributed by atoms with van der Waals surface area (Å²) in [5, 5.41) is 4.12. The molecule has 2 aromatic heterocycles. The first kappa shape index (κ1) is 15.3. The Balaban J connectivity index is 2.05. The highest BCUT2D eigenvalue weighted by Crippen LogP contribution is 2.34. The van der Waals surface area contributed by atoms with E-state index in [4.69, 9.17) is 0 Å². The highest BCUT2D eigenvalue weighted by molar-refractivity contribution is 5.93. The van der Waals surface area contributed by atoms with Gasteiger partial charge in [-0.15, -0.1) is 5.10 Å². The number of nitrogens with zero attached hydrogens (tertiary/aromatic N) is 3. The van der Waals surface area contributed by atoms with Gasteiger partial charge < -0.3 is 4.98 Å². The second kappa shape index (κ2) is 5.13. The van der Waals surface area contributed by atoms with E-state index in [1.54, 1.807) is 0 Å². The van der Waals surface area contributed by atoms with Crippen molar-refractivity contribution in [3.63, 3.8) is 0 Å². The summed E-state index contributed by atoms with van der Waals surface area (Å²) in [4.78, 5) is 18.5. The number of hydrogen-bond donors (Lipinski definition) is 1. The summed E-state index contributed by atoms with van der Waals surface area (Å²) in [6, 6.07) is 8.76. The fourth-order valence-electron chi connectivity index (χ4n) is 2.62. The number of benzene rings is 2. The SMILES string of the molecule is O=c1[nH]c2c(C(F)(F)F)cccc2c2nc(-c3ccc(F)cc3)nn12. The van der Waals surface area contributed by atoms with Gasteiger partial charge in [-0.2, -0.15) is 17.7 Å². The molecule has 4 rings (SSSR count). The number of fused-ring (bicyclic) bond motifs is 3. The van der Waals surface area contributed by atoms with Crippen molar-refractivity contribution in [2.45, 2.75) is 6.18 Å². The van der Waals surface area contributed by atoms with Crippen LogP contribution in [0, 0.1) is 5.82 Å². The summed E-state index contributed by atoms with van der Waals surface area (Å²) in [6.07, 6.45) is -4.62. The van der Waals surface area contributed by atoms with Crippen LogP contribution in [0.25, 0.3) is 27.9 Å². The maximum Gasteiger partial charge on any atom is 0.418 e. The van der Waals surface area contributed by atoms with Crippen molar-refractivity contribution >= 4 is 16.6 Å². The van der Waals surface area contributed by atoms with Gasteiger partial charge in [-0.25, -0.2) is 14.2 Å². The summed E-state index contributed by atoms with van der Waals surface area (Å²) >= 11 is 0. The molecule has 2 heterocycles. The van der Waals surface area contributed by atoms with Gasteiger partial charge in [-0.05, 0) is 36.4 Å². The Labute approximate surface area is 136 Å². The van der Waals surface area contributed by atoms with Crippen molar-refractivity contribution in [1.82, 2.24) is 19.6 Å². The van der Waals surface area contributed by atoms with Crippen LogP contribution < -0.4 is 5.69 Å². The summed E-state index contributed by atoms with van der Waals surface area (Å²) in [6.45, 7) is 0. The average molecular weight is 348 g/mol. The maximum atomic E-state index is 13.2. The molecule has 1 N–H and O–H groups in total. The largest absolute Gasteiger partial charge is 0.418 e. The Morgan fingerprint density at radius 3 is 2.44 bits per heavy atom.